The number of ether oxygens (including phenoxy) is 2. The van der Waals surface area contributed by atoms with Crippen LogP contribution in [0.1, 0.15) is 41.4 Å². The fourth-order valence-corrected chi connectivity index (χ4v) is 5.28. The molecule has 3 aromatic rings. The third kappa shape index (κ3) is 5.28. The number of carbonyl (C=O) groups is 1. The van der Waals surface area contributed by atoms with Crippen LogP contribution in [0.2, 0.25) is 0 Å². The predicted octanol–water partition coefficient (Wildman–Crippen LogP) is 4.31. The van der Waals surface area contributed by atoms with Crippen molar-refractivity contribution in [3.63, 3.8) is 0 Å². The number of hydrogen-bond donors (Lipinski definition) is 1. The normalized spacial score (nSPS) is 14.9. The van der Waals surface area contributed by atoms with Crippen LogP contribution in [0.5, 0.6) is 11.5 Å². The van der Waals surface area contributed by atoms with E-state index in [2.05, 4.69) is 9.88 Å². The highest BCUT2D eigenvalue weighted by atomic mass is 32.2. The Hall–Kier alpha value is -3.11. The summed E-state index contributed by atoms with van der Waals surface area (Å²) in [6, 6.07) is 6.14. The van der Waals surface area contributed by atoms with Gasteiger partial charge in [0.2, 0.25) is 0 Å². The first-order valence-corrected chi connectivity index (χ1v) is 12.6. The van der Waals surface area contributed by atoms with Crippen molar-refractivity contribution in [3.05, 3.63) is 58.8 Å². The number of rotatable bonds is 8. The molecule has 4 rings (SSSR count). The zero-order chi connectivity index (χ0) is 25.1. The number of methoxy groups -OCH3 is 1. The molecule has 35 heavy (non-hydrogen) atoms. The van der Waals surface area contributed by atoms with Crippen LogP contribution < -0.4 is 4.74 Å². The van der Waals surface area contributed by atoms with E-state index in [0.29, 0.717) is 23.0 Å². The number of fused-ring (bicyclic) bond motifs is 1. The average molecular weight is 505 g/mol. The van der Waals surface area contributed by atoms with Gasteiger partial charge in [-0.25, -0.2) is 13.6 Å². The molecule has 10 heteroatoms. The van der Waals surface area contributed by atoms with Crippen molar-refractivity contribution in [3.8, 4) is 11.5 Å². The molecule has 1 atom stereocenters. The second kappa shape index (κ2) is 10.7. The lowest BCUT2D eigenvalue weighted by Crippen LogP contribution is -2.19. The fraction of sp³-hybridized carbons (Fsp3) is 0.360. The molecule has 1 aliphatic rings. The lowest BCUT2D eigenvalue weighted by molar-refractivity contribution is 0.0525. The maximum Gasteiger partial charge on any atom is 0.340 e. The summed E-state index contributed by atoms with van der Waals surface area (Å²) < 4.78 is 50.5. The molecule has 0 aliphatic carbocycles. The summed E-state index contributed by atoms with van der Waals surface area (Å²) in [5.41, 5.74) is 1.30. The highest BCUT2D eigenvalue weighted by Gasteiger charge is 2.24. The second-order valence-electron chi connectivity index (χ2n) is 8.22. The molecule has 2 aromatic carbocycles. The van der Waals surface area contributed by atoms with Crippen molar-refractivity contribution >= 4 is 27.7 Å². The second-order valence-corrected chi connectivity index (χ2v) is 9.68. The van der Waals surface area contributed by atoms with Gasteiger partial charge in [0.1, 0.15) is 0 Å². The predicted molar refractivity (Wildman–Crippen MR) is 127 cm³/mol. The van der Waals surface area contributed by atoms with Gasteiger partial charge in [-0.1, -0.05) is 0 Å². The Morgan fingerprint density at radius 3 is 2.57 bits per heavy atom. The summed E-state index contributed by atoms with van der Waals surface area (Å²) in [6.45, 7) is 4.02. The van der Waals surface area contributed by atoms with Crippen LogP contribution in [0.4, 0.5) is 8.78 Å². The fourth-order valence-electron chi connectivity index (χ4n) is 4.19. The quantitative estimate of drug-likeness (QED) is 0.458. The van der Waals surface area contributed by atoms with Crippen LogP contribution >= 0.6 is 0 Å². The van der Waals surface area contributed by atoms with Gasteiger partial charge in [0.15, 0.2) is 23.1 Å². The molecule has 0 bridgehead atoms. The van der Waals surface area contributed by atoms with Gasteiger partial charge in [-0.05, 0) is 57.1 Å². The summed E-state index contributed by atoms with van der Waals surface area (Å²) in [6.07, 6.45) is 2.13. The van der Waals surface area contributed by atoms with Crippen molar-refractivity contribution in [2.75, 3.05) is 26.8 Å². The number of nitrogens with zero attached hydrogens (tertiary/aromatic N) is 2. The van der Waals surface area contributed by atoms with E-state index in [0.717, 1.165) is 38.1 Å². The first kappa shape index (κ1) is 25.0. The SMILES string of the molecule is CCOC(=O)c1cc2c(CN3CCCC3)c(O)c(OC)cc2nc1CS(=O)c1ccc(F)c(F)c1. The molecule has 1 N–H and O–H groups in total. The van der Waals surface area contributed by atoms with Gasteiger partial charge in [-0.15, -0.1) is 0 Å². The van der Waals surface area contributed by atoms with E-state index in [9.17, 15) is 22.9 Å². The first-order valence-electron chi connectivity index (χ1n) is 11.3. The van der Waals surface area contributed by atoms with E-state index >= 15 is 0 Å². The number of pyridine rings is 1. The molecule has 2 heterocycles. The molecule has 1 aliphatic heterocycles. The number of phenols is 1. The van der Waals surface area contributed by atoms with Gasteiger partial charge in [0.05, 0.1) is 47.0 Å². The van der Waals surface area contributed by atoms with E-state index in [4.69, 9.17) is 9.47 Å². The van der Waals surface area contributed by atoms with Crippen molar-refractivity contribution < 1.29 is 32.4 Å². The Kier molecular flexibility index (Phi) is 7.61. The van der Waals surface area contributed by atoms with Crippen molar-refractivity contribution in [1.82, 2.24) is 9.88 Å². The summed E-state index contributed by atoms with van der Waals surface area (Å²) >= 11 is 0. The number of halogens is 2. The zero-order valence-corrected chi connectivity index (χ0v) is 20.3. The highest BCUT2D eigenvalue weighted by Crippen LogP contribution is 2.38. The lowest BCUT2D eigenvalue weighted by atomic mass is 10.0. The number of likely N-dealkylation sites (tertiary alicyclic amines) is 1. The number of esters is 1. The van der Waals surface area contributed by atoms with Gasteiger partial charge in [0, 0.05) is 28.5 Å². The Labute approximate surface area is 204 Å². The van der Waals surface area contributed by atoms with Crippen LogP contribution in [0.3, 0.4) is 0 Å². The number of phenolic OH excluding ortho intramolecular Hbond substituents is 1. The van der Waals surface area contributed by atoms with E-state index in [1.807, 2.05) is 0 Å². The van der Waals surface area contributed by atoms with Crippen molar-refractivity contribution in [2.24, 2.45) is 0 Å². The smallest absolute Gasteiger partial charge is 0.340 e. The van der Waals surface area contributed by atoms with Gasteiger partial charge >= 0.3 is 5.97 Å². The summed E-state index contributed by atoms with van der Waals surface area (Å²) in [5, 5.41) is 11.4. The van der Waals surface area contributed by atoms with Crippen LogP contribution in [0, 0.1) is 11.6 Å². The van der Waals surface area contributed by atoms with Crippen LogP contribution in [-0.4, -0.2) is 52.0 Å². The van der Waals surface area contributed by atoms with E-state index in [-0.39, 0.29) is 40.0 Å². The Balaban J connectivity index is 1.83. The van der Waals surface area contributed by atoms with E-state index in [1.54, 1.807) is 19.1 Å². The lowest BCUT2D eigenvalue weighted by Gasteiger charge is -2.20. The summed E-state index contributed by atoms with van der Waals surface area (Å²) in [4.78, 5) is 19.7. The van der Waals surface area contributed by atoms with Gasteiger partial charge in [-0.3, -0.25) is 14.1 Å². The molecule has 7 nitrogen and oxygen atoms in total. The van der Waals surface area contributed by atoms with Crippen LogP contribution in [0.15, 0.2) is 35.2 Å². The molecule has 1 saturated heterocycles. The largest absolute Gasteiger partial charge is 0.504 e. The van der Waals surface area contributed by atoms with Crippen molar-refractivity contribution in [2.45, 2.75) is 37.0 Å². The molecule has 186 valence electrons. The third-order valence-electron chi connectivity index (χ3n) is 5.96. The van der Waals surface area contributed by atoms with E-state index in [1.165, 1.54) is 13.2 Å². The number of benzene rings is 2. The Morgan fingerprint density at radius 1 is 1.17 bits per heavy atom. The summed E-state index contributed by atoms with van der Waals surface area (Å²) in [5.74, 6) is -2.82. The monoisotopic (exact) mass is 504 g/mol. The molecular formula is C25H26F2N2O5S. The highest BCUT2D eigenvalue weighted by molar-refractivity contribution is 7.84. The third-order valence-corrected chi connectivity index (χ3v) is 7.28. The van der Waals surface area contributed by atoms with Gasteiger partial charge < -0.3 is 14.6 Å². The zero-order valence-electron chi connectivity index (χ0n) is 19.5. The number of carbonyl (C=O) groups excluding carboxylic acids is 1. The molecule has 1 unspecified atom stereocenters. The standard InChI is InChI=1S/C25H26F2N2O5S/c1-3-34-25(31)17-11-16-18(13-29-8-4-5-9-29)24(30)23(33-2)12-21(16)28-22(17)14-35(32)15-6-7-19(26)20(27)10-15/h6-7,10-12,30H,3-5,8-9,13-14H2,1-2H3. The minimum Gasteiger partial charge on any atom is -0.504 e. The number of aromatic nitrogens is 1. The molecular weight excluding hydrogens is 478 g/mol. The first-order chi connectivity index (χ1) is 16.8. The Bertz CT molecular complexity index is 1290. The summed E-state index contributed by atoms with van der Waals surface area (Å²) in [7, 11) is -0.376. The topological polar surface area (TPSA) is 89.0 Å². The average Bonchev–Trinajstić information content (AvgIpc) is 3.35. The van der Waals surface area contributed by atoms with E-state index < -0.39 is 28.4 Å². The molecule has 1 fully saturated rings. The molecule has 0 spiro atoms. The molecule has 1 aromatic heterocycles. The minimum atomic E-state index is -1.81. The molecule has 0 saturated carbocycles. The van der Waals surface area contributed by atoms with Gasteiger partial charge in [-0.2, -0.15) is 0 Å². The molecule has 0 radical (unpaired) electrons. The Morgan fingerprint density at radius 2 is 1.91 bits per heavy atom. The number of hydrogen-bond acceptors (Lipinski definition) is 7. The maximum atomic E-state index is 13.7. The van der Waals surface area contributed by atoms with Gasteiger partial charge in [0.25, 0.3) is 0 Å². The molecule has 0 amide bonds. The maximum absolute atomic E-state index is 13.7. The van der Waals surface area contributed by atoms with Crippen LogP contribution in [0.25, 0.3) is 10.9 Å². The van der Waals surface area contributed by atoms with Crippen LogP contribution in [-0.2, 0) is 27.8 Å². The minimum absolute atomic E-state index is 0.0263. The van der Waals surface area contributed by atoms with Crippen molar-refractivity contribution in [1.29, 1.82) is 0 Å². The number of aromatic hydroxyl groups is 1.